The van der Waals surface area contributed by atoms with E-state index in [4.69, 9.17) is 4.42 Å². The molecule has 2 heterocycles. The smallest absolute Gasteiger partial charge is 0.362 e. The monoisotopic (exact) mass is 438 g/mol. The fraction of sp³-hybridized carbons (Fsp3) is 0.222. The van der Waals surface area contributed by atoms with E-state index in [1.165, 1.54) is 5.56 Å². The first-order valence-corrected chi connectivity index (χ1v) is 11.3. The second kappa shape index (κ2) is 8.90. The molecule has 0 N–H and O–H groups in total. The van der Waals surface area contributed by atoms with Crippen molar-refractivity contribution in [1.29, 1.82) is 0 Å². The summed E-state index contributed by atoms with van der Waals surface area (Å²) >= 11 is 0. The molecule has 1 aromatic heterocycles. The van der Waals surface area contributed by atoms with E-state index in [2.05, 4.69) is 71.5 Å². The zero-order valence-corrected chi connectivity index (χ0v) is 18.8. The lowest BCUT2D eigenvalue weighted by molar-refractivity contribution is 0.558. The molecule has 3 aromatic carbocycles. The molecule has 0 radical (unpaired) electrons. The van der Waals surface area contributed by atoms with Gasteiger partial charge in [-0.05, 0) is 48.7 Å². The average molecular weight is 439 g/mol. The van der Waals surface area contributed by atoms with Crippen molar-refractivity contribution in [3.8, 4) is 11.1 Å². The third-order valence-corrected chi connectivity index (χ3v) is 6.16. The number of hydrogen-bond donors (Lipinski definition) is 0. The highest BCUT2D eigenvalue weighted by molar-refractivity contribution is 5.83. The summed E-state index contributed by atoms with van der Waals surface area (Å²) in [6.45, 7) is 6.50. The van der Waals surface area contributed by atoms with Crippen LogP contribution in [0.3, 0.4) is 0 Å². The first kappa shape index (κ1) is 20.9. The molecule has 0 spiro atoms. The third-order valence-electron chi connectivity index (χ3n) is 6.16. The molecule has 5 rings (SSSR count). The SMILES string of the molecule is CCN(CC)c1ccc2cc(N3CC(c4ccc(-c5ccccc5)cc4)N=N3)c(=O)oc2c1. The van der Waals surface area contributed by atoms with Gasteiger partial charge in [0.15, 0.2) is 0 Å². The van der Waals surface area contributed by atoms with Crippen LogP contribution in [0.4, 0.5) is 11.4 Å². The van der Waals surface area contributed by atoms with Gasteiger partial charge in [0, 0.05) is 30.2 Å². The van der Waals surface area contributed by atoms with Gasteiger partial charge in [-0.3, -0.25) is 0 Å². The molecule has 166 valence electrons. The second-order valence-corrected chi connectivity index (χ2v) is 8.10. The molecule has 6 heteroatoms. The lowest BCUT2D eigenvalue weighted by Crippen LogP contribution is -2.23. The Hall–Kier alpha value is -3.93. The minimum atomic E-state index is -0.404. The van der Waals surface area contributed by atoms with Gasteiger partial charge in [0.2, 0.25) is 0 Å². The van der Waals surface area contributed by atoms with E-state index in [1.807, 2.05) is 36.4 Å². The van der Waals surface area contributed by atoms with Crippen LogP contribution < -0.4 is 15.5 Å². The molecule has 1 unspecified atom stereocenters. The topological polar surface area (TPSA) is 61.4 Å². The lowest BCUT2D eigenvalue weighted by atomic mass is 10.0. The molecule has 33 heavy (non-hydrogen) atoms. The molecule has 0 aliphatic carbocycles. The highest BCUT2D eigenvalue weighted by Crippen LogP contribution is 2.31. The van der Waals surface area contributed by atoms with Crippen molar-refractivity contribution in [2.75, 3.05) is 29.5 Å². The van der Waals surface area contributed by atoms with Gasteiger partial charge >= 0.3 is 5.63 Å². The van der Waals surface area contributed by atoms with Gasteiger partial charge < -0.3 is 9.32 Å². The van der Waals surface area contributed by atoms with Gasteiger partial charge in [0.25, 0.3) is 0 Å². The van der Waals surface area contributed by atoms with Crippen LogP contribution >= 0.6 is 0 Å². The van der Waals surface area contributed by atoms with Crippen LogP contribution in [0.2, 0.25) is 0 Å². The molecule has 1 aliphatic heterocycles. The van der Waals surface area contributed by atoms with Gasteiger partial charge in [-0.2, -0.15) is 5.11 Å². The van der Waals surface area contributed by atoms with Crippen molar-refractivity contribution in [1.82, 2.24) is 0 Å². The van der Waals surface area contributed by atoms with E-state index >= 15 is 0 Å². The second-order valence-electron chi connectivity index (χ2n) is 8.10. The largest absolute Gasteiger partial charge is 0.421 e. The molecular formula is C27H26N4O2. The zero-order valence-electron chi connectivity index (χ0n) is 18.8. The Balaban J connectivity index is 1.36. The number of rotatable bonds is 6. The van der Waals surface area contributed by atoms with Crippen LogP contribution in [0.25, 0.3) is 22.1 Å². The van der Waals surface area contributed by atoms with Crippen LogP contribution in [0, 0.1) is 0 Å². The Morgan fingerprint density at radius 3 is 2.39 bits per heavy atom. The van der Waals surface area contributed by atoms with Crippen molar-refractivity contribution < 1.29 is 4.42 Å². The van der Waals surface area contributed by atoms with Crippen molar-refractivity contribution in [2.24, 2.45) is 10.3 Å². The first-order chi connectivity index (χ1) is 16.2. The summed E-state index contributed by atoms with van der Waals surface area (Å²) in [5.74, 6) is 0. The van der Waals surface area contributed by atoms with Gasteiger partial charge in [0.05, 0.1) is 6.54 Å². The normalized spacial score (nSPS) is 15.3. The van der Waals surface area contributed by atoms with Crippen LogP contribution in [0.15, 0.2) is 98.4 Å². The zero-order chi connectivity index (χ0) is 22.8. The van der Waals surface area contributed by atoms with Gasteiger partial charge in [-0.15, -0.1) is 0 Å². The molecule has 0 bridgehead atoms. The summed E-state index contributed by atoms with van der Waals surface area (Å²) in [5.41, 5.74) is 5.03. The minimum absolute atomic E-state index is 0.130. The summed E-state index contributed by atoms with van der Waals surface area (Å²) in [7, 11) is 0. The van der Waals surface area contributed by atoms with E-state index in [9.17, 15) is 4.79 Å². The molecule has 6 nitrogen and oxygen atoms in total. The highest BCUT2D eigenvalue weighted by Gasteiger charge is 2.25. The predicted octanol–water partition coefficient (Wildman–Crippen LogP) is 6.23. The molecule has 0 saturated heterocycles. The van der Waals surface area contributed by atoms with Crippen molar-refractivity contribution in [2.45, 2.75) is 19.9 Å². The number of anilines is 2. The molecule has 1 aliphatic rings. The third kappa shape index (κ3) is 4.12. The molecular weight excluding hydrogens is 412 g/mol. The standard InChI is InChI=1S/C27H26N4O2/c1-3-30(4-2)23-15-14-22-16-25(27(32)33-26(22)17-23)31-18-24(28-29-31)21-12-10-20(11-13-21)19-8-6-5-7-9-19/h5-17,24H,3-4,18H2,1-2H3. The predicted molar refractivity (Wildman–Crippen MR) is 133 cm³/mol. The van der Waals surface area contributed by atoms with Crippen molar-refractivity contribution in [3.05, 3.63) is 94.8 Å². The number of nitrogens with zero attached hydrogens (tertiary/aromatic N) is 4. The van der Waals surface area contributed by atoms with Crippen LogP contribution in [0.1, 0.15) is 25.5 Å². The first-order valence-electron chi connectivity index (χ1n) is 11.3. The highest BCUT2D eigenvalue weighted by atomic mass is 16.4. The Labute approximate surface area is 192 Å². The Bertz CT molecular complexity index is 1340. The summed E-state index contributed by atoms with van der Waals surface area (Å²) in [6, 6.07) is 26.3. The van der Waals surface area contributed by atoms with Crippen molar-refractivity contribution >= 4 is 22.3 Å². The van der Waals surface area contributed by atoms with Gasteiger partial charge in [0.1, 0.15) is 17.3 Å². The summed E-state index contributed by atoms with van der Waals surface area (Å²) in [6.07, 6.45) is 0. The summed E-state index contributed by atoms with van der Waals surface area (Å²) in [5, 5.41) is 11.2. The Morgan fingerprint density at radius 1 is 0.939 bits per heavy atom. The quantitative estimate of drug-likeness (QED) is 0.335. The maximum Gasteiger partial charge on any atom is 0.362 e. The molecule has 0 saturated carbocycles. The average Bonchev–Trinajstić information content (AvgIpc) is 3.35. The lowest BCUT2D eigenvalue weighted by Gasteiger charge is -2.21. The number of fused-ring (bicyclic) bond motifs is 1. The van der Waals surface area contributed by atoms with Crippen molar-refractivity contribution in [3.63, 3.8) is 0 Å². The van der Waals surface area contributed by atoms with E-state index in [0.29, 0.717) is 17.8 Å². The fourth-order valence-corrected chi connectivity index (χ4v) is 4.26. The van der Waals surface area contributed by atoms with Crippen LogP contribution in [0.5, 0.6) is 0 Å². The van der Waals surface area contributed by atoms with Gasteiger partial charge in [-0.1, -0.05) is 59.8 Å². The molecule has 0 amide bonds. The molecule has 4 aromatic rings. The van der Waals surface area contributed by atoms with Crippen LogP contribution in [-0.2, 0) is 0 Å². The van der Waals surface area contributed by atoms with E-state index in [-0.39, 0.29) is 6.04 Å². The summed E-state index contributed by atoms with van der Waals surface area (Å²) < 4.78 is 5.67. The maximum absolute atomic E-state index is 12.8. The number of hydrogen-bond acceptors (Lipinski definition) is 6. The Morgan fingerprint density at radius 2 is 1.67 bits per heavy atom. The molecule has 1 atom stereocenters. The number of benzene rings is 3. The fourth-order valence-electron chi connectivity index (χ4n) is 4.26. The van der Waals surface area contributed by atoms with Gasteiger partial charge in [-0.25, -0.2) is 9.80 Å². The molecule has 0 fully saturated rings. The Kier molecular flexibility index (Phi) is 5.65. The maximum atomic E-state index is 12.8. The van der Waals surface area contributed by atoms with E-state index in [1.54, 1.807) is 5.01 Å². The minimum Gasteiger partial charge on any atom is -0.421 e. The van der Waals surface area contributed by atoms with E-state index in [0.717, 1.165) is 35.3 Å². The summed E-state index contributed by atoms with van der Waals surface area (Å²) in [4.78, 5) is 15.0. The van der Waals surface area contributed by atoms with Crippen LogP contribution in [-0.4, -0.2) is 19.6 Å². The van der Waals surface area contributed by atoms with E-state index < -0.39 is 5.63 Å².